The van der Waals surface area contributed by atoms with E-state index in [0.29, 0.717) is 49.4 Å². The van der Waals surface area contributed by atoms with Crippen LogP contribution >= 0.6 is 0 Å². The highest BCUT2D eigenvalue weighted by atomic mass is 32.2. The number of halogens is 1. The molecule has 0 amide bonds. The highest BCUT2D eigenvalue weighted by molar-refractivity contribution is 7.91. The number of fused-ring (bicyclic) bond motifs is 2. The molecule has 7 nitrogen and oxygen atoms in total. The second-order valence-corrected chi connectivity index (χ2v) is 13.8. The molecule has 1 fully saturated rings. The lowest BCUT2D eigenvalue weighted by Crippen LogP contribution is -2.30. The van der Waals surface area contributed by atoms with Crippen molar-refractivity contribution in [1.29, 1.82) is 0 Å². The normalized spacial score (nSPS) is 20.9. The maximum Gasteiger partial charge on any atom is 0.306 e. The van der Waals surface area contributed by atoms with Gasteiger partial charge >= 0.3 is 5.97 Å². The molecular weight excluding hydrogens is 559 g/mol. The van der Waals surface area contributed by atoms with Crippen molar-refractivity contribution in [1.82, 2.24) is 0 Å². The van der Waals surface area contributed by atoms with E-state index in [-0.39, 0.29) is 41.7 Å². The predicted molar refractivity (Wildman–Crippen MR) is 157 cm³/mol. The third-order valence-corrected chi connectivity index (χ3v) is 10.4. The van der Waals surface area contributed by atoms with Crippen molar-refractivity contribution in [3.05, 3.63) is 76.1 Å². The van der Waals surface area contributed by atoms with E-state index in [4.69, 9.17) is 18.9 Å². The molecule has 0 N–H and O–H groups in total. The van der Waals surface area contributed by atoms with E-state index in [2.05, 4.69) is 0 Å². The van der Waals surface area contributed by atoms with E-state index < -0.39 is 15.9 Å². The standard InChI is InChI=1S/C33H35FO7S/c1-19-14-24(40-22-10-12-42(36,37)13-11-22)15-20(2)32(19)26-6-8-28(34)33-27(26)7-9-29(33)41-23-4-5-25-21(16-31(35)38-3)18-39-30(25)17-23/h4-6,8,14-15,17,21-22,29H,7,9-13,16,18H2,1-3H3. The van der Waals surface area contributed by atoms with Crippen molar-refractivity contribution in [3.63, 3.8) is 0 Å². The summed E-state index contributed by atoms with van der Waals surface area (Å²) < 4.78 is 62.1. The maximum atomic E-state index is 15.3. The molecular formula is C33H35FO7S. The summed E-state index contributed by atoms with van der Waals surface area (Å²) in [5.41, 5.74) is 6.56. The number of aryl methyl sites for hydroxylation is 2. The quantitative estimate of drug-likeness (QED) is 0.302. The summed E-state index contributed by atoms with van der Waals surface area (Å²) in [6.07, 6.45) is 2.04. The summed E-state index contributed by atoms with van der Waals surface area (Å²) in [6, 6.07) is 12.9. The van der Waals surface area contributed by atoms with E-state index >= 15 is 4.39 Å². The Morgan fingerprint density at radius 2 is 1.71 bits per heavy atom. The van der Waals surface area contributed by atoms with Crippen molar-refractivity contribution >= 4 is 15.8 Å². The highest BCUT2D eigenvalue weighted by Gasteiger charge is 2.33. The summed E-state index contributed by atoms with van der Waals surface area (Å²) in [7, 11) is -1.58. The molecule has 2 atom stereocenters. The van der Waals surface area contributed by atoms with E-state index in [0.717, 1.165) is 39.1 Å². The smallest absolute Gasteiger partial charge is 0.306 e. The van der Waals surface area contributed by atoms with Crippen LogP contribution in [0.4, 0.5) is 4.39 Å². The SMILES string of the molecule is COC(=O)CC1COc2cc(OC3CCc4c(-c5c(C)cc(OC6CCS(=O)(=O)CC6)cc5C)ccc(F)c43)ccc21. The molecule has 1 saturated heterocycles. The summed E-state index contributed by atoms with van der Waals surface area (Å²) in [4.78, 5) is 11.8. The molecule has 0 spiro atoms. The fourth-order valence-corrected chi connectivity index (χ4v) is 8.02. The number of sulfone groups is 1. The lowest BCUT2D eigenvalue weighted by molar-refractivity contribution is -0.141. The summed E-state index contributed by atoms with van der Waals surface area (Å²) in [6.45, 7) is 4.46. The van der Waals surface area contributed by atoms with Gasteiger partial charge in [-0.25, -0.2) is 12.8 Å². The van der Waals surface area contributed by atoms with Crippen LogP contribution < -0.4 is 14.2 Å². The number of hydrogen-bond acceptors (Lipinski definition) is 7. The molecule has 1 aliphatic carbocycles. The van der Waals surface area contributed by atoms with Gasteiger partial charge in [0.2, 0.25) is 0 Å². The molecule has 2 heterocycles. The largest absolute Gasteiger partial charge is 0.492 e. The number of benzene rings is 3. The topological polar surface area (TPSA) is 88.1 Å². The minimum Gasteiger partial charge on any atom is -0.492 e. The van der Waals surface area contributed by atoms with Gasteiger partial charge in [-0.2, -0.15) is 0 Å². The monoisotopic (exact) mass is 594 g/mol. The van der Waals surface area contributed by atoms with Crippen LogP contribution in [0.5, 0.6) is 17.2 Å². The molecule has 9 heteroatoms. The number of carbonyl (C=O) groups is 1. The number of hydrogen-bond donors (Lipinski definition) is 0. The van der Waals surface area contributed by atoms with Gasteiger partial charge in [0.15, 0.2) is 9.84 Å². The summed E-state index contributed by atoms with van der Waals surface area (Å²) >= 11 is 0. The zero-order chi connectivity index (χ0) is 29.6. The Bertz CT molecular complexity index is 1610. The lowest BCUT2D eigenvalue weighted by Gasteiger charge is -2.24. The molecule has 6 rings (SSSR count). The minimum atomic E-state index is -2.95. The van der Waals surface area contributed by atoms with Crippen LogP contribution in [0.25, 0.3) is 11.1 Å². The third-order valence-electron chi connectivity index (χ3n) is 8.65. The average molecular weight is 595 g/mol. The zero-order valence-electron chi connectivity index (χ0n) is 24.1. The van der Waals surface area contributed by atoms with Crippen LogP contribution in [0, 0.1) is 19.7 Å². The zero-order valence-corrected chi connectivity index (χ0v) is 24.9. The van der Waals surface area contributed by atoms with Crippen molar-refractivity contribution in [2.45, 2.75) is 64.1 Å². The van der Waals surface area contributed by atoms with Gasteiger partial charge in [0, 0.05) is 23.1 Å². The minimum absolute atomic E-state index is 0.0595. The number of rotatable bonds is 7. The summed E-state index contributed by atoms with van der Waals surface area (Å²) in [5, 5.41) is 0. The third kappa shape index (κ3) is 5.59. The average Bonchev–Trinajstić information content (AvgIpc) is 3.55. The number of esters is 1. The molecule has 0 aromatic heterocycles. The van der Waals surface area contributed by atoms with Crippen molar-refractivity contribution in [3.8, 4) is 28.4 Å². The van der Waals surface area contributed by atoms with Gasteiger partial charge in [0.05, 0.1) is 31.6 Å². The molecule has 3 aromatic rings. The Balaban J connectivity index is 1.22. The Morgan fingerprint density at radius 1 is 0.976 bits per heavy atom. The first-order valence-corrected chi connectivity index (χ1v) is 16.2. The van der Waals surface area contributed by atoms with Gasteiger partial charge < -0.3 is 18.9 Å². The molecule has 0 radical (unpaired) electrons. The lowest BCUT2D eigenvalue weighted by atomic mass is 9.90. The fourth-order valence-electron chi connectivity index (χ4n) is 6.57. The Labute approximate surface area is 245 Å². The second-order valence-electron chi connectivity index (χ2n) is 11.5. The van der Waals surface area contributed by atoms with Crippen molar-refractivity contribution < 1.29 is 36.6 Å². The van der Waals surface area contributed by atoms with Crippen LogP contribution in [0.1, 0.15) is 65.5 Å². The van der Waals surface area contributed by atoms with Crippen LogP contribution in [0.2, 0.25) is 0 Å². The first-order chi connectivity index (χ1) is 20.1. The molecule has 0 bridgehead atoms. The fraction of sp³-hybridized carbons (Fsp3) is 0.424. The van der Waals surface area contributed by atoms with Gasteiger partial charge in [-0.05, 0) is 91.6 Å². The first-order valence-electron chi connectivity index (χ1n) is 14.4. The number of carbonyl (C=O) groups excluding carboxylic acids is 1. The van der Waals surface area contributed by atoms with Gasteiger partial charge in [-0.15, -0.1) is 0 Å². The van der Waals surface area contributed by atoms with Crippen LogP contribution in [0.15, 0.2) is 42.5 Å². The molecule has 2 unspecified atom stereocenters. The van der Waals surface area contributed by atoms with E-state index in [9.17, 15) is 13.2 Å². The van der Waals surface area contributed by atoms with E-state index in [1.165, 1.54) is 13.2 Å². The van der Waals surface area contributed by atoms with Gasteiger partial charge in [0.25, 0.3) is 0 Å². The Hall–Kier alpha value is -3.59. The number of ether oxygens (including phenoxy) is 4. The maximum absolute atomic E-state index is 15.3. The summed E-state index contributed by atoms with van der Waals surface area (Å²) in [5.74, 6) is 1.70. The Kier molecular flexibility index (Phi) is 7.64. The van der Waals surface area contributed by atoms with Crippen LogP contribution in [0.3, 0.4) is 0 Å². The van der Waals surface area contributed by atoms with Gasteiger partial charge in [0.1, 0.15) is 35.3 Å². The van der Waals surface area contributed by atoms with Crippen LogP contribution in [-0.4, -0.2) is 45.7 Å². The van der Waals surface area contributed by atoms with Gasteiger partial charge in [-0.1, -0.05) is 12.1 Å². The van der Waals surface area contributed by atoms with E-state index in [1.54, 1.807) is 0 Å². The van der Waals surface area contributed by atoms with Gasteiger partial charge in [-0.3, -0.25) is 4.79 Å². The molecule has 0 saturated carbocycles. The van der Waals surface area contributed by atoms with Crippen molar-refractivity contribution in [2.24, 2.45) is 0 Å². The molecule has 3 aliphatic rings. The second kappa shape index (κ2) is 11.2. The van der Waals surface area contributed by atoms with E-state index in [1.807, 2.05) is 50.2 Å². The molecule has 42 heavy (non-hydrogen) atoms. The Morgan fingerprint density at radius 3 is 2.43 bits per heavy atom. The predicted octanol–water partition coefficient (Wildman–Crippen LogP) is 6.17. The van der Waals surface area contributed by atoms with Crippen LogP contribution in [-0.2, 0) is 25.8 Å². The molecule has 2 aliphatic heterocycles. The number of methoxy groups -OCH3 is 1. The molecule has 3 aromatic carbocycles. The first kappa shape index (κ1) is 28.5. The molecule has 222 valence electrons. The van der Waals surface area contributed by atoms with Crippen molar-refractivity contribution in [2.75, 3.05) is 25.2 Å². The highest BCUT2D eigenvalue weighted by Crippen LogP contribution is 2.45.